The molecule has 2 rings (SSSR count). The van der Waals surface area contributed by atoms with Crippen molar-refractivity contribution in [2.75, 3.05) is 5.32 Å². The number of hydrogen-bond acceptors (Lipinski definition) is 3. The Balaban J connectivity index is 2.02. The average molecular weight is 234 g/mol. The molecule has 2 aromatic rings. The summed E-state index contributed by atoms with van der Waals surface area (Å²) in [5, 5.41) is 3.88. The molecular weight excluding hydrogens is 222 g/mol. The molecule has 2 heterocycles. The molecule has 0 atom stereocenters. The highest BCUT2D eigenvalue weighted by Crippen LogP contribution is 2.12. The summed E-state index contributed by atoms with van der Waals surface area (Å²) in [4.78, 5) is 8.21. The second-order valence-corrected chi connectivity index (χ2v) is 3.95. The summed E-state index contributed by atoms with van der Waals surface area (Å²) in [7, 11) is 0. The summed E-state index contributed by atoms with van der Waals surface area (Å²) in [6, 6.07) is 5.67. The Morgan fingerprint density at radius 3 is 2.81 bits per heavy atom. The predicted molar refractivity (Wildman–Crippen MR) is 65.5 cm³/mol. The maximum atomic E-state index is 5.76. The van der Waals surface area contributed by atoms with Gasteiger partial charge in [0, 0.05) is 25.1 Å². The van der Waals surface area contributed by atoms with Crippen molar-refractivity contribution < 1.29 is 0 Å². The molecule has 4 heteroatoms. The van der Waals surface area contributed by atoms with Gasteiger partial charge in [-0.3, -0.25) is 4.98 Å². The maximum Gasteiger partial charge on any atom is 0.126 e. The zero-order valence-corrected chi connectivity index (χ0v) is 9.70. The van der Waals surface area contributed by atoms with Crippen molar-refractivity contribution in [3.05, 3.63) is 52.9 Å². The lowest BCUT2D eigenvalue weighted by Crippen LogP contribution is -2.02. The van der Waals surface area contributed by atoms with E-state index >= 15 is 0 Å². The maximum absolute atomic E-state index is 5.76. The second-order valence-electron chi connectivity index (χ2n) is 3.52. The van der Waals surface area contributed by atoms with Crippen LogP contribution in [0.4, 0.5) is 5.82 Å². The molecule has 16 heavy (non-hydrogen) atoms. The Labute approximate surface area is 99.5 Å². The molecule has 0 aromatic carbocycles. The third-order valence-corrected chi connectivity index (χ3v) is 2.55. The molecule has 0 fully saturated rings. The van der Waals surface area contributed by atoms with Crippen molar-refractivity contribution in [1.82, 2.24) is 9.97 Å². The summed E-state index contributed by atoms with van der Waals surface area (Å²) in [5.74, 6) is 0.820. The fourth-order valence-electron chi connectivity index (χ4n) is 1.37. The number of pyridine rings is 2. The van der Waals surface area contributed by atoms with E-state index in [2.05, 4.69) is 15.3 Å². The minimum Gasteiger partial charge on any atom is -0.366 e. The van der Waals surface area contributed by atoms with Crippen molar-refractivity contribution in [3.8, 4) is 0 Å². The molecule has 0 saturated heterocycles. The molecular formula is C12H12ClN3. The highest BCUT2D eigenvalue weighted by atomic mass is 35.5. The molecule has 82 valence electrons. The lowest BCUT2D eigenvalue weighted by Gasteiger charge is -2.07. The van der Waals surface area contributed by atoms with Crippen LogP contribution in [-0.4, -0.2) is 9.97 Å². The van der Waals surface area contributed by atoms with Crippen LogP contribution < -0.4 is 5.32 Å². The molecule has 3 nitrogen and oxygen atoms in total. The molecule has 0 aliphatic heterocycles. The van der Waals surface area contributed by atoms with Crippen LogP contribution in [-0.2, 0) is 6.54 Å². The van der Waals surface area contributed by atoms with Crippen molar-refractivity contribution >= 4 is 17.4 Å². The van der Waals surface area contributed by atoms with Gasteiger partial charge in [0.15, 0.2) is 0 Å². The number of aromatic nitrogens is 2. The first kappa shape index (κ1) is 10.9. The van der Waals surface area contributed by atoms with Gasteiger partial charge in [-0.2, -0.15) is 0 Å². The number of hydrogen-bond donors (Lipinski definition) is 1. The van der Waals surface area contributed by atoms with E-state index in [-0.39, 0.29) is 0 Å². The third kappa shape index (κ3) is 2.70. The van der Waals surface area contributed by atoms with E-state index in [1.165, 1.54) is 11.1 Å². The van der Waals surface area contributed by atoms with E-state index in [4.69, 9.17) is 11.6 Å². The van der Waals surface area contributed by atoms with Gasteiger partial charge in [-0.15, -0.1) is 0 Å². The summed E-state index contributed by atoms with van der Waals surface area (Å²) in [5.41, 5.74) is 2.38. The highest BCUT2D eigenvalue weighted by Gasteiger charge is 1.98. The fourth-order valence-corrected chi connectivity index (χ4v) is 1.48. The fraction of sp³-hybridized carbons (Fsp3) is 0.167. The van der Waals surface area contributed by atoms with Crippen LogP contribution in [0.5, 0.6) is 0 Å². The lowest BCUT2D eigenvalue weighted by molar-refractivity contribution is 1.07. The largest absolute Gasteiger partial charge is 0.366 e. The smallest absolute Gasteiger partial charge is 0.126 e. The summed E-state index contributed by atoms with van der Waals surface area (Å²) >= 11 is 5.76. The molecule has 2 aromatic heterocycles. The van der Waals surface area contributed by atoms with Crippen molar-refractivity contribution in [3.63, 3.8) is 0 Å². The van der Waals surface area contributed by atoms with E-state index in [9.17, 15) is 0 Å². The van der Waals surface area contributed by atoms with Crippen LogP contribution in [0, 0.1) is 6.92 Å². The molecule has 0 saturated carbocycles. The quantitative estimate of drug-likeness (QED) is 0.886. The van der Waals surface area contributed by atoms with E-state index in [1.54, 1.807) is 12.4 Å². The van der Waals surface area contributed by atoms with Crippen LogP contribution >= 0.6 is 11.6 Å². The van der Waals surface area contributed by atoms with E-state index in [0.29, 0.717) is 5.02 Å². The molecule has 0 unspecified atom stereocenters. The van der Waals surface area contributed by atoms with Gasteiger partial charge in [0.1, 0.15) is 5.82 Å². The Kier molecular flexibility index (Phi) is 3.37. The Morgan fingerprint density at radius 1 is 1.25 bits per heavy atom. The van der Waals surface area contributed by atoms with Gasteiger partial charge in [-0.25, -0.2) is 4.98 Å². The number of aryl methyl sites for hydroxylation is 1. The Morgan fingerprint density at radius 2 is 2.12 bits per heavy atom. The molecule has 0 aliphatic rings. The van der Waals surface area contributed by atoms with E-state index < -0.39 is 0 Å². The molecule has 0 bridgehead atoms. The topological polar surface area (TPSA) is 37.8 Å². The van der Waals surface area contributed by atoms with Gasteiger partial charge in [0.05, 0.1) is 5.02 Å². The highest BCUT2D eigenvalue weighted by molar-refractivity contribution is 6.30. The second kappa shape index (κ2) is 4.94. The van der Waals surface area contributed by atoms with Crippen molar-refractivity contribution in [1.29, 1.82) is 0 Å². The van der Waals surface area contributed by atoms with Crippen LogP contribution in [0.25, 0.3) is 0 Å². The van der Waals surface area contributed by atoms with Gasteiger partial charge in [-0.05, 0) is 36.2 Å². The Bertz CT molecular complexity index is 468. The SMILES string of the molecule is Cc1cnccc1CNc1ccc(Cl)cn1. The number of halogens is 1. The first-order valence-corrected chi connectivity index (χ1v) is 5.38. The van der Waals surface area contributed by atoms with Gasteiger partial charge in [0.2, 0.25) is 0 Å². The first-order valence-electron chi connectivity index (χ1n) is 5.00. The first-order chi connectivity index (χ1) is 7.75. The average Bonchev–Trinajstić information content (AvgIpc) is 2.30. The number of nitrogens with one attached hydrogen (secondary N) is 1. The minimum atomic E-state index is 0.644. The van der Waals surface area contributed by atoms with E-state index in [1.807, 2.05) is 31.3 Å². The number of nitrogens with zero attached hydrogens (tertiary/aromatic N) is 2. The van der Waals surface area contributed by atoms with Crippen molar-refractivity contribution in [2.45, 2.75) is 13.5 Å². The predicted octanol–water partition coefficient (Wildman–Crippen LogP) is 3.05. The summed E-state index contributed by atoms with van der Waals surface area (Å²) < 4.78 is 0. The summed E-state index contributed by atoms with van der Waals surface area (Å²) in [6.07, 6.45) is 5.27. The monoisotopic (exact) mass is 233 g/mol. The molecule has 0 radical (unpaired) electrons. The molecule has 0 aliphatic carbocycles. The van der Waals surface area contributed by atoms with Crippen molar-refractivity contribution in [2.24, 2.45) is 0 Å². The van der Waals surface area contributed by atoms with Gasteiger partial charge in [0.25, 0.3) is 0 Å². The minimum absolute atomic E-state index is 0.644. The Hall–Kier alpha value is -1.61. The van der Waals surface area contributed by atoms with Crippen LogP contribution in [0.2, 0.25) is 5.02 Å². The third-order valence-electron chi connectivity index (χ3n) is 2.32. The van der Waals surface area contributed by atoms with Gasteiger partial charge in [-0.1, -0.05) is 11.6 Å². The zero-order valence-electron chi connectivity index (χ0n) is 8.94. The lowest BCUT2D eigenvalue weighted by atomic mass is 10.1. The van der Waals surface area contributed by atoms with E-state index in [0.717, 1.165) is 12.4 Å². The van der Waals surface area contributed by atoms with Crippen LogP contribution in [0.15, 0.2) is 36.8 Å². The molecule has 0 spiro atoms. The normalized spacial score (nSPS) is 10.1. The number of rotatable bonds is 3. The van der Waals surface area contributed by atoms with Gasteiger partial charge < -0.3 is 5.32 Å². The number of anilines is 1. The van der Waals surface area contributed by atoms with Gasteiger partial charge >= 0.3 is 0 Å². The standard InChI is InChI=1S/C12H12ClN3/c1-9-6-14-5-4-10(9)7-15-12-3-2-11(13)8-16-12/h2-6,8H,7H2,1H3,(H,15,16). The van der Waals surface area contributed by atoms with Crippen LogP contribution in [0.3, 0.4) is 0 Å². The molecule has 1 N–H and O–H groups in total. The summed E-state index contributed by atoms with van der Waals surface area (Å²) in [6.45, 7) is 2.78. The van der Waals surface area contributed by atoms with Crippen LogP contribution in [0.1, 0.15) is 11.1 Å². The zero-order chi connectivity index (χ0) is 11.4. The molecule has 0 amide bonds.